The first-order valence-electron chi connectivity index (χ1n) is 11.8. The van der Waals surface area contributed by atoms with E-state index in [1.165, 1.54) is 30.3 Å². The molecule has 1 amide bonds. The Balaban J connectivity index is 0.000000232. The number of hydrogen-bond donors (Lipinski definition) is 1. The zero-order chi connectivity index (χ0) is 30.5. The number of alkyl halides is 6. The summed E-state index contributed by atoms with van der Waals surface area (Å²) in [6, 6.07) is 11.2. The molecule has 0 fully saturated rings. The maximum Gasteiger partial charge on any atom is 0.416 e. The third kappa shape index (κ3) is 8.67. The van der Waals surface area contributed by atoms with Crippen LogP contribution in [0.15, 0.2) is 57.8 Å². The summed E-state index contributed by atoms with van der Waals surface area (Å²) in [7, 11) is 0. The van der Waals surface area contributed by atoms with Crippen LogP contribution in [0.5, 0.6) is 0 Å². The first kappa shape index (κ1) is 31.4. The van der Waals surface area contributed by atoms with Gasteiger partial charge in [0, 0.05) is 17.1 Å². The Morgan fingerprint density at radius 1 is 1.10 bits per heavy atom. The van der Waals surface area contributed by atoms with Gasteiger partial charge in [-0.3, -0.25) is 9.36 Å². The molecule has 0 saturated carbocycles. The molecule has 2 heterocycles. The summed E-state index contributed by atoms with van der Waals surface area (Å²) in [5.74, 6) is -0.406. The largest absolute Gasteiger partial charge is 0.416 e. The zero-order valence-corrected chi connectivity index (χ0v) is 22.3. The van der Waals surface area contributed by atoms with Gasteiger partial charge in [0.1, 0.15) is 6.54 Å². The van der Waals surface area contributed by atoms with E-state index in [0.29, 0.717) is 27.9 Å². The Morgan fingerprint density at radius 2 is 1.76 bits per heavy atom. The highest BCUT2D eigenvalue weighted by atomic mass is 35.5. The summed E-state index contributed by atoms with van der Waals surface area (Å²) in [6.45, 7) is 2.26. The van der Waals surface area contributed by atoms with Crippen molar-refractivity contribution >= 4 is 17.5 Å². The van der Waals surface area contributed by atoms with Gasteiger partial charge in [0.15, 0.2) is 11.6 Å². The van der Waals surface area contributed by atoms with Crippen LogP contribution in [0.25, 0.3) is 11.4 Å². The maximum atomic E-state index is 12.6. The van der Waals surface area contributed by atoms with E-state index >= 15 is 0 Å². The van der Waals surface area contributed by atoms with E-state index in [-0.39, 0.29) is 11.7 Å². The third-order valence-corrected chi connectivity index (χ3v) is 5.83. The van der Waals surface area contributed by atoms with Crippen LogP contribution in [-0.4, -0.2) is 36.6 Å². The smallest absolute Gasteiger partial charge is 0.368 e. The molecule has 0 aliphatic heterocycles. The number of hydrogen-bond acceptors (Lipinski definition) is 6. The minimum atomic E-state index is -4.43. The number of carbonyl (C=O) groups excluding carboxylic acids is 1. The highest BCUT2D eigenvalue weighted by molar-refractivity contribution is 6.30. The number of nitrogens with two attached hydrogens (primary N) is 1. The van der Waals surface area contributed by atoms with Crippen LogP contribution in [0, 0.1) is 6.92 Å². The van der Waals surface area contributed by atoms with Gasteiger partial charge in [0.2, 0.25) is 11.8 Å². The van der Waals surface area contributed by atoms with Crippen LogP contribution in [0.3, 0.4) is 0 Å². The van der Waals surface area contributed by atoms with Crippen molar-refractivity contribution in [2.24, 2.45) is 5.73 Å². The number of carbonyl (C=O) groups is 1. The van der Waals surface area contributed by atoms with Gasteiger partial charge in [0.05, 0.1) is 17.9 Å². The zero-order valence-electron chi connectivity index (χ0n) is 21.5. The van der Waals surface area contributed by atoms with E-state index < -0.39 is 49.0 Å². The number of aryl methyl sites for hydroxylation is 1. The SMILES string of the molecule is Cc1noc(C(C)c2cccc(C(F)(F)F)c2)n1.NC(=O)Cn1nc(-c2ccc(Cl)cc2)n(CCC(F)(F)F)c1=O. The molecule has 2 aromatic carbocycles. The summed E-state index contributed by atoms with van der Waals surface area (Å²) in [5.41, 5.74) is 4.39. The molecule has 0 aliphatic rings. The number of nitrogens with zero attached hydrogens (tertiary/aromatic N) is 5. The van der Waals surface area contributed by atoms with Crippen molar-refractivity contribution in [3.05, 3.63) is 86.9 Å². The Morgan fingerprint density at radius 3 is 2.29 bits per heavy atom. The van der Waals surface area contributed by atoms with Crippen LogP contribution in [-0.2, 0) is 24.1 Å². The van der Waals surface area contributed by atoms with Gasteiger partial charge in [-0.25, -0.2) is 9.48 Å². The van der Waals surface area contributed by atoms with Crippen molar-refractivity contribution in [3.8, 4) is 11.4 Å². The Labute approximate surface area is 233 Å². The molecule has 4 rings (SSSR count). The normalized spacial score (nSPS) is 12.5. The molecule has 0 saturated heterocycles. The molecule has 4 aromatic rings. The molecule has 1 unspecified atom stereocenters. The topological polar surface area (TPSA) is 122 Å². The molecule has 1 atom stereocenters. The molecule has 0 radical (unpaired) electrons. The summed E-state index contributed by atoms with van der Waals surface area (Å²) in [6.07, 6.45) is -9.97. The number of amides is 1. The second-order valence-electron chi connectivity index (χ2n) is 8.78. The average molecular weight is 605 g/mol. The lowest BCUT2D eigenvalue weighted by Gasteiger charge is -2.11. The van der Waals surface area contributed by atoms with E-state index in [1.54, 1.807) is 19.9 Å². The quantitative estimate of drug-likeness (QED) is 0.284. The van der Waals surface area contributed by atoms with Crippen molar-refractivity contribution in [2.75, 3.05) is 0 Å². The van der Waals surface area contributed by atoms with E-state index in [1.807, 2.05) is 0 Å². The fourth-order valence-corrected chi connectivity index (χ4v) is 3.69. The Kier molecular flexibility index (Phi) is 9.63. The second kappa shape index (κ2) is 12.6. The molecular formula is C25H23ClF6N6O3. The van der Waals surface area contributed by atoms with Gasteiger partial charge >= 0.3 is 18.0 Å². The number of benzene rings is 2. The molecule has 16 heteroatoms. The van der Waals surface area contributed by atoms with Crippen LogP contribution < -0.4 is 11.4 Å². The number of halogens is 7. The van der Waals surface area contributed by atoms with E-state index in [4.69, 9.17) is 21.9 Å². The third-order valence-electron chi connectivity index (χ3n) is 5.58. The molecule has 2 aromatic heterocycles. The molecule has 2 N–H and O–H groups in total. The van der Waals surface area contributed by atoms with E-state index in [9.17, 15) is 35.9 Å². The lowest BCUT2D eigenvalue weighted by molar-refractivity contribution is -0.138. The van der Waals surface area contributed by atoms with Gasteiger partial charge in [-0.05, 0) is 49.7 Å². The number of aromatic nitrogens is 5. The van der Waals surface area contributed by atoms with Crippen molar-refractivity contribution < 1.29 is 35.7 Å². The fourth-order valence-electron chi connectivity index (χ4n) is 3.56. The molecule has 0 aliphatic carbocycles. The van der Waals surface area contributed by atoms with Gasteiger partial charge in [-0.1, -0.05) is 35.0 Å². The average Bonchev–Trinajstić information content (AvgIpc) is 3.45. The standard InChI is InChI=1S/C13H12ClF3N4O2.C12H11F3N2O/c14-9-3-1-8(2-4-9)11-19-21(7-10(18)22)12(23)20(11)6-5-13(15,16)17;1-7(11-16-8(2)17-18-11)9-4-3-5-10(6-9)12(13,14)15/h1-4H,5-7H2,(H2,18,22);3-7H,1-2H3. The molecule has 0 bridgehead atoms. The summed E-state index contributed by atoms with van der Waals surface area (Å²) >= 11 is 5.76. The van der Waals surface area contributed by atoms with E-state index in [2.05, 4.69) is 15.2 Å². The van der Waals surface area contributed by atoms with Gasteiger partial charge in [-0.15, -0.1) is 5.10 Å². The lowest BCUT2D eigenvalue weighted by atomic mass is 9.99. The van der Waals surface area contributed by atoms with Gasteiger partial charge in [0.25, 0.3) is 0 Å². The second-order valence-corrected chi connectivity index (χ2v) is 9.22. The minimum absolute atomic E-state index is 0.0113. The van der Waals surface area contributed by atoms with Crippen LogP contribution in [0.2, 0.25) is 5.02 Å². The van der Waals surface area contributed by atoms with Crippen molar-refractivity contribution in [1.82, 2.24) is 24.5 Å². The maximum absolute atomic E-state index is 12.6. The molecule has 41 heavy (non-hydrogen) atoms. The summed E-state index contributed by atoms with van der Waals surface area (Å²) in [5, 5.41) is 7.96. The molecule has 0 spiro atoms. The predicted molar refractivity (Wildman–Crippen MR) is 135 cm³/mol. The number of primary amides is 1. The highest BCUT2D eigenvalue weighted by Crippen LogP contribution is 2.32. The minimum Gasteiger partial charge on any atom is -0.368 e. The first-order chi connectivity index (χ1) is 19.0. The highest BCUT2D eigenvalue weighted by Gasteiger charge is 2.31. The first-order valence-corrected chi connectivity index (χ1v) is 12.2. The molecular weight excluding hydrogens is 582 g/mol. The Bertz CT molecular complexity index is 1540. The van der Waals surface area contributed by atoms with Gasteiger partial charge < -0.3 is 10.3 Å². The van der Waals surface area contributed by atoms with E-state index in [0.717, 1.165) is 21.4 Å². The van der Waals surface area contributed by atoms with Crippen molar-refractivity contribution in [2.45, 2.75) is 51.6 Å². The predicted octanol–water partition coefficient (Wildman–Crippen LogP) is 5.35. The number of rotatable bonds is 7. The van der Waals surface area contributed by atoms with Crippen LogP contribution in [0.4, 0.5) is 26.3 Å². The fraction of sp³-hybridized carbons (Fsp3) is 0.320. The van der Waals surface area contributed by atoms with Crippen molar-refractivity contribution in [3.63, 3.8) is 0 Å². The lowest BCUT2D eigenvalue weighted by Crippen LogP contribution is -2.31. The molecule has 220 valence electrons. The molecule has 9 nitrogen and oxygen atoms in total. The van der Waals surface area contributed by atoms with Gasteiger partial charge in [-0.2, -0.15) is 31.3 Å². The van der Waals surface area contributed by atoms with Crippen LogP contribution in [0.1, 0.15) is 42.1 Å². The van der Waals surface area contributed by atoms with Crippen LogP contribution >= 0.6 is 11.6 Å². The van der Waals surface area contributed by atoms with Crippen molar-refractivity contribution in [1.29, 1.82) is 0 Å². The summed E-state index contributed by atoms with van der Waals surface area (Å²) < 4.78 is 81.7. The monoisotopic (exact) mass is 604 g/mol. The summed E-state index contributed by atoms with van der Waals surface area (Å²) in [4.78, 5) is 27.1. The Hall–Kier alpha value is -4.14.